The van der Waals surface area contributed by atoms with Crippen LogP contribution in [0.5, 0.6) is 0 Å². The zero-order valence-electron chi connectivity index (χ0n) is 9.02. The van der Waals surface area contributed by atoms with Gasteiger partial charge >= 0.3 is 0 Å². The summed E-state index contributed by atoms with van der Waals surface area (Å²) in [5.74, 6) is 0. The number of nitrogens with zero attached hydrogens (tertiary/aromatic N) is 1. The zero-order chi connectivity index (χ0) is 11.5. The summed E-state index contributed by atoms with van der Waals surface area (Å²) in [6.45, 7) is 2.05. The van der Waals surface area contributed by atoms with E-state index in [0.717, 1.165) is 11.1 Å². The van der Waals surface area contributed by atoms with Gasteiger partial charge in [0, 0.05) is 12.4 Å². The van der Waals surface area contributed by atoms with E-state index < -0.39 is 0 Å². The third-order valence-corrected chi connectivity index (χ3v) is 2.89. The first-order valence-electron chi connectivity index (χ1n) is 5.10. The predicted molar refractivity (Wildman–Crippen MR) is 66.5 cm³/mol. The smallest absolute Gasteiger partial charge is 0.0640 e. The summed E-state index contributed by atoms with van der Waals surface area (Å²) >= 11 is 6.06. The van der Waals surface area contributed by atoms with Gasteiger partial charge in [-0.25, -0.2) is 0 Å². The van der Waals surface area contributed by atoms with Crippen LogP contribution in [0, 0.1) is 6.92 Å². The lowest BCUT2D eigenvalue weighted by Gasteiger charge is -2.13. The number of halogens is 1. The summed E-state index contributed by atoms with van der Waals surface area (Å²) in [5, 5.41) is 0.607. The number of aromatic nitrogens is 1. The first-order valence-corrected chi connectivity index (χ1v) is 5.48. The van der Waals surface area contributed by atoms with Crippen LogP contribution in [-0.4, -0.2) is 4.98 Å². The van der Waals surface area contributed by atoms with Crippen LogP contribution in [0.3, 0.4) is 0 Å². The van der Waals surface area contributed by atoms with Crippen LogP contribution in [0.2, 0.25) is 5.02 Å². The topological polar surface area (TPSA) is 38.9 Å². The van der Waals surface area contributed by atoms with Gasteiger partial charge < -0.3 is 5.73 Å². The largest absolute Gasteiger partial charge is 0.320 e. The minimum atomic E-state index is -0.198. The summed E-state index contributed by atoms with van der Waals surface area (Å²) in [5.41, 5.74) is 9.33. The SMILES string of the molecule is Cc1ccc(C(N)c2ccncc2Cl)cc1. The van der Waals surface area contributed by atoms with E-state index in [1.54, 1.807) is 12.4 Å². The van der Waals surface area contributed by atoms with E-state index >= 15 is 0 Å². The van der Waals surface area contributed by atoms with Gasteiger partial charge in [0.15, 0.2) is 0 Å². The fraction of sp³-hybridized carbons (Fsp3) is 0.154. The number of pyridine rings is 1. The molecule has 1 aromatic carbocycles. The van der Waals surface area contributed by atoms with Crippen LogP contribution in [0.25, 0.3) is 0 Å². The standard InChI is InChI=1S/C13H13ClN2/c1-9-2-4-10(5-3-9)13(15)11-6-7-16-8-12(11)14/h2-8,13H,15H2,1H3. The highest BCUT2D eigenvalue weighted by atomic mass is 35.5. The van der Waals surface area contributed by atoms with E-state index in [9.17, 15) is 0 Å². The summed E-state index contributed by atoms with van der Waals surface area (Å²) in [6.07, 6.45) is 3.32. The van der Waals surface area contributed by atoms with Crippen molar-refractivity contribution in [2.24, 2.45) is 5.73 Å². The molecule has 0 aliphatic heterocycles. The molecule has 0 fully saturated rings. The average Bonchev–Trinajstić information content (AvgIpc) is 2.30. The molecule has 1 unspecified atom stereocenters. The van der Waals surface area contributed by atoms with Crippen molar-refractivity contribution in [3.05, 3.63) is 64.4 Å². The molecule has 0 amide bonds. The van der Waals surface area contributed by atoms with Crippen LogP contribution in [-0.2, 0) is 0 Å². The second kappa shape index (κ2) is 4.64. The second-order valence-electron chi connectivity index (χ2n) is 3.79. The molecular formula is C13H13ClN2. The van der Waals surface area contributed by atoms with E-state index in [-0.39, 0.29) is 6.04 Å². The third-order valence-electron chi connectivity index (χ3n) is 2.58. The maximum absolute atomic E-state index is 6.15. The van der Waals surface area contributed by atoms with Gasteiger partial charge in [-0.3, -0.25) is 4.98 Å². The molecule has 0 spiro atoms. The van der Waals surface area contributed by atoms with Gasteiger partial charge in [0.05, 0.1) is 11.1 Å². The number of hydrogen-bond acceptors (Lipinski definition) is 2. The van der Waals surface area contributed by atoms with Gasteiger partial charge in [0.1, 0.15) is 0 Å². The van der Waals surface area contributed by atoms with Crippen LogP contribution in [0.15, 0.2) is 42.7 Å². The Kier molecular flexibility index (Phi) is 3.22. The quantitative estimate of drug-likeness (QED) is 0.864. The number of hydrogen-bond donors (Lipinski definition) is 1. The Morgan fingerprint density at radius 2 is 1.88 bits per heavy atom. The summed E-state index contributed by atoms with van der Waals surface area (Å²) in [4.78, 5) is 3.95. The first kappa shape index (κ1) is 11.1. The van der Waals surface area contributed by atoms with Crippen molar-refractivity contribution >= 4 is 11.6 Å². The van der Waals surface area contributed by atoms with Crippen molar-refractivity contribution in [3.8, 4) is 0 Å². The number of aryl methyl sites for hydroxylation is 1. The molecule has 1 heterocycles. The highest BCUT2D eigenvalue weighted by Crippen LogP contribution is 2.25. The highest BCUT2D eigenvalue weighted by molar-refractivity contribution is 6.31. The molecule has 0 radical (unpaired) electrons. The molecule has 1 atom stereocenters. The molecule has 82 valence electrons. The molecule has 0 saturated heterocycles. The fourth-order valence-corrected chi connectivity index (χ4v) is 1.83. The highest BCUT2D eigenvalue weighted by Gasteiger charge is 2.11. The van der Waals surface area contributed by atoms with E-state index in [4.69, 9.17) is 17.3 Å². The van der Waals surface area contributed by atoms with Crippen LogP contribution in [0.1, 0.15) is 22.7 Å². The third kappa shape index (κ3) is 2.23. The fourth-order valence-electron chi connectivity index (χ4n) is 1.59. The second-order valence-corrected chi connectivity index (χ2v) is 4.19. The summed E-state index contributed by atoms with van der Waals surface area (Å²) in [6, 6.07) is 9.80. The van der Waals surface area contributed by atoms with E-state index in [1.165, 1.54) is 5.56 Å². The molecule has 0 saturated carbocycles. The lowest BCUT2D eigenvalue weighted by atomic mass is 10.00. The Hall–Kier alpha value is -1.38. The van der Waals surface area contributed by atoms with E-state index in [1.807, 2.05) is 30.3 Å². The van der Waals surface area contributed by atoms with Gasteiger partial charge in [-0.05, 0) is 24.1 Å². The van der Waals surface area contributed by atoms with Gasteiger partial charge in [-0.15, -0.1) is 0 Å². The van der Waals surface area contributed by atoms with Gasteiger partial charge in [-0.2, -0.15) is 0 Å². The van der Waals surface area contributed by atoms with Gasteiger partial charge in [0.2, 0.25) is 0 Å². The summed E-state index contributed by atoms with van der Waals surface area (Å²) in [7, 11) is 0. The maximum atomic E-state index is 6.15. The zero-order valence-corrected chi connectivity index (χ0v) is 9.78. The summed E-state index contributed by atoms with van der Waals surface area (Å²) < 4.78 is 0. The molecule has 2 aromatic rings. The Balaban J connectivity index is 2.35. The Morgan fingerprint density at radius 1 is 1.19 bits per heavy atom. The van der Waals surface area contributed by atoms with E-state index in [0.29, 0.717) is 5.02 Å². The molecule has 2 nitrogen and oxygen atoms in total. The van der Waals surface area contributed by atoms with Crippen molar-refractivity contribution < 1.29 is 0 Å². The molecule has 0 bridgehead atoms. The molecule has 2 N–H and O–H groups in total. The average molecular weight is 233 g/mol. The molecule has 0 aliphatic carbocycles. The molecule has 2 rings (SSSR count). The van der Waals surface area contributed by atoms with E-state index in [2.05, 4.69) is 11.9 Å². The Labute approximate surface area is 100 Å². The van der Waals surface area contributed by atoms with Crippen LogP contribution >= 0.6 is 11.6 Å². The van der Waals surface area contributed by atoms with Crippen molar-refractivity contribution in [3.63, 3.8) is 0 Å². The van der Waals surface area contributed by atoms with Crippen molar-refractivity contribution in [1.29, 1.82) is 0 Å². The van der Waals surface area contributed by atoms with Crippen molar-refractivity contribution in [2.75, 3.05) is 0 Å². The number of rotatable bonds is 2. The van der Waals surface area contributed by atoms with Crippen LogP contribution < -0.4 is 5.73 Å². The van der Waals surface area contributed by atoms with Crippen molar-refractivity contribution in [1.82, 2.24) is 4.98 Å². The van der Waals surface area contributed by atoms with Gasteiger partial charge in [-0.1, -0.05) is 41.4 Å². The first-order chi connectivity index (χ1) is 7.68. The van der Waals surface area contributed by atoms with Crippen LogP contribution in [0.4, 0.5) is 0 Å². The molecule has 16 heavy (non-hydrogen) atoms. The maximum Gasteiger partial charge on any atom is 0.0640 e. The number of nitrogens with two attached hydrogens (primary N) is 1. The monoisotopic (exact) mass is 232 g/mol. The molecule has 1 aromatic heterocycles. The van der Waals surface area contributed by atoms with Gasteiger partial charge in [0.25, 0.3) is 0 Å². The lowest BCUT2D eigenvalue weighted by Crippen LogP contribution is -2.12. The Morgan fingerprint density at radius 3 is 2.50 bits per heavy atom. The van der Waals surface area contributed by atoms with Crippen molar-refractivity contribution in [2.45, 2.75) is 13.0 Å². The minimum absolute atomic E-state index is 0.198. The molecule has 3 heteroatoms. The normalized spacial score (nSPS) is 12.4. The predicted octanol–water partition coefficient (Wildman–Crippen LogP) is 3.09. The molecular weight excluding hydrogens is 220 g/mol. The molecule has 0 aliphatic rings. The lowest BCUT2D eigenvalue weighted by molar-refractivity contribution is 0.867. The minimum Gasteiger partial charge on any atom is -0.320 e. The Bertz CT molecular complexity index is 480. The number of benzene rings is 1.